The predicted molar refractivity (Wildman–Crippen MR) is 77.7 cm³/mol. The standard InChI is InChI=1S/C15H16N2O5/c1-9(2)14-15(19)16-13(22-14)8-12(18)7-10-3-5-11(6-4-10)17(20)21/h3-6,8-9,14H,7H2,1-2H3,(H,16,19)/b13-8+/t14-/m0/s1. The molecule has 116 valence electrons. The van der Waals surface area contributed by atoms with E-state index in [4.69, 9.17) is 4.74 Å². The van der Waals surface area contributed by atoms with Crippen LogP contribution in [0.15, 0.2) is 36.2 Å². The summed E-state index contributed by atoms with van der Waals surface area (Å²) in [5.74, 6) is -0.357. The van der Waals surface area contributed by atoms with Gasteiger partial charge in [-0.25, -0.2) is 0 Å². The molecule has 1 aromatic rings. The Morgan fingerprint density at radius 1 is 1.41 bits per heavy atom. The van der Waals surface area contributed by atoms with Crippen molar-refractivity contribution in [3.8, 4) is 0 Å². The summed E-state index contributed by atoms with van der Waals surface area (Å²) in [5.41, 5.74) is 0.623. The molecule has 1 aromatic carbocycles. The van der Waals surface area contributed by atoms with Crippen molar-refractivity contribution in [1.82, 2.24) is 5.32 Å². The molecular weight excluding hydrogens is 288 g/mol. The van der Waals surface area contributed by atoms with E-state index in [1.54, 1.807) is 0 Å². The zero-order chi connectivity index (χ0) is 16.3. The maximum Gasteiger partial charge on any atom is 0.269 e. The van der Waals surface area contributed by atoms with Gasteiger partial charge in [0, 0.05) is 24.6 Å². The number of hydrogen-bond acceptors (Lipinski definition) is 5. The fourth-order valence-corrected chi connectivity index (χ4v) is 2.06. The SMILES string of the molecule is CC(C)[C@@H]1O/C(=C/C(=O)Cc2ccc([N+](=O)[O-])cc2)NC1=O. The molecule has 0 unspecified atom stereocenters. The number of non-ortho nitro benzene ring substituents is 1. The number of ketones is 1. The van der Waals surface area contributed by atoms with Crippen LogP contribution in [0.4, 0.5) is 5.69 Å². The van der Waals surface area contributed by atoms with E-state index in [1.165, 1.54) is 30.3 Å². The highest BCUT2D eigenvalue weighted by Gasteiger charge is 2.32. The predicted octanol–water partition coefficient (Wildman–Crippen LogP) is 1.72. The van der Waals surface area contributed by atoms with Crippen LogP contribution in [0.1, 0.15) is 19.4 Å². The first kappa shape index (κ1) is 15.7. The van der Waals surface area contributed by atoms with E-state index >= 15 is 0 Å². The maximum atomic E-state index is 11.9. The lowest BCUT2D eigenvalue weighted by Crippen LogP contribution is -2.27. The van der Waals surface area contributed by atoms with Crippen LogP contribution in [-0.4, -0.2) is 22.7 Å². The van der Waals surface area contributed by atoms with Crippen molar-refractivity contribution in [1.29, 1.82) is 0 Å². The summed E-state index contributed by atoms with van der Waals surface area (Å²) < 4.78 is 5.38. The molecular formula is C15H16N2O5. The number of allylic oxidation sites excluding steroid dienone is 1. The Morgan fingerprint density at radius 3 is 2.55 bits per heavy atom. The lowest BCUT2D eigenvalue weighted by Gasteiger charge is -2.10. The number of rotatable bonds is 5. The molecule has 0 saturated carbocycles. The van der Waals surface area contributed by atoms with Crippen LogP contribution < -0.4 is 5.32 Å². The highest BCUT2D eigenvalue weighted by atomic mass is 16.6. The van der Waals surface area contributed by atoms with Crippen molar-refractivity contribution in [2.45, 2.75) is 26.4 Å². The summed E-state index contributed by atoms with van der Waals surface area (Å²) in [7, 11) is 0. The van der Waals surface area contributed by atoms with Gasteiger partial charge in [0.15, 0.2) is 17.8 Å². The van der Waals surface area contributed by atoms with Crippen molar-refractivity contribution in [2.75, 3.05) is 0 Å². The van der Waals surface area contributed by atoms with Crippen LogP contribution in [0.2, 0.25) is 0 Å². The molecule has 2 rings (SSSR count). The van der Waals surface area contributed by atoms with Crippen LogP contribution in [0.3, 0.4) is 0 Å². The fraction of sp³-hybridized carbons (Fsp3) is 0.333. The van der Waals surface area contributed by atoms with Crippen LogP contribution >= 0.6 is 0 Å². The average molecular weight is 304 g/mol. The number of hydrogen-bond donors (Lipinski definition) is 1. The Bertz CT molecular complexity index is 634. The smallest absolute Gasteiger partial charge is 0.269 e. The molecule has 1 N–H and O–H groups in total. The number of nitrogens with one attached hydrogen (secondary N) is 1. The van der Waals surface area contributed by atoms with Gasteiger partial charge in [0.2, 0.25) is 0 Å². The third-order valence-electron chi connectivity index (χ3n) is 3.18. The maximum absolute atomic E-state index is 11.9. The van der Waals surface area contributed by atoms with Crippen molar-refractivity contribution < 1.29 is 19.2 Å². The Hall–Kier alpha value is -2.70. The molecule has 7 nitrogen and oxygen atoms in total. The summed E-state index contributed by atoms with van der Waals surface area (Å²) >= 11 is 0. The van der Waals surface area contributed by atoms with Crippen molar-refractivity contribution in [3.63, 3.8) is 0 Å². The van der Waals surface area contributed by atoms with Crippen molar-refractivity contribution in [3.05, 3.63) is 51.9 Å². The van der Waals surface area contributed by atoms with E-state index in [0.29, 0.717) is 5.56 Å². The zero-order valence-corrected chi connectivity index (χ0v) is 12.2. The van der Waals surface area contributed by atoms with E-state index in [0.717, 1.165) is 0 Å². The topological polar surface area (TPSA) is 98.5 Å². The van der Waals surface area contributed by atoms with E-state index in [2.05, 4.69) is 5.32 Å². The number of ether oxygens (including phenoxy) is 1. The summed E-state index contributed by atoms with van der Waals surface area (Å²) in [6.45, 7) is 3.71. The van der Waals surface area contributed by atoms with Crippen molar-refractivity contribution >= 4 is 17.4 Å². The number of amides is 1. The minimum atomic E-state index is -0.585. The molecule has 1 fully saturated rings. The van der Waals surface area contributed by atoms with Crippen LogP contribution in [0.25, 0.3) is 0 Å². The zero-order valence-electron chi connectivity index (χ0n) is 12.2. The molecule has 1 aliphatic heterocycles. The number of benzene rings is 1. The van der Waals surface area contributed by atoms with Gasteiger partial charge in [-0.1, -0.05) is 26.0 Å². The van der Waals surface area contributed by atoms with Crippen LogP contribution in [0, 0.1) is 16.0 Å². The summed E-state index contributed by atoms with van der Waals surface area (Å²) in [6.07, 6.45) is 0.729. The first-order valence-electron chi connectivity index (χ1n) is 6.82. The summed E-state index contributed by atoms with van der Waals surface area (Å²) in [4.78, 5) is 33.6. The molecule has 1 aliphatic rings. The number of nitrogens with zero attached hydrogens (tertiary/aromatic N) is 1. The Balaban J connectivity index is 2.00. The molecule has 22 heavy (non-hydrogen) atoms. The number of carbonyl (C=O) groups is 2. The highest BCUT2D eigenvalue weighted by Crippen LogP contribution is 2.18. The van der Waals surface area contributed by atoms with Gasteiger partial charge in [-0.15, -0.1) is 0 Å². The minimum Gasteiger partial charge on any atom is -0.465 e. The molecule has 0 aliphatic carbocycles. The van der Waals surface area contributed by atoms with Gasteiger partial charge in [0.25, 0.3) is 11.6 Å². The summed E-state index contributed by atoms with van der Waals surface area (Å²) in [6, 6.07) is 5.75. The largest absolute Gasteiger partial charge is 0.465 e. The molecule has 1 amide bonds. The lowest BCUT2D eigenvalue weighted by molar-refractivity contribution is -0.384. The highest BCUT2D eigenvalue weighted by molar-refractivity contribution is 5.93. The lowest BCUT2D eigenvalue weighted by atomic mass is 10.1. The first-order chi connectivity index (χ1) is 10.4. The Morgan fingerprint density at radius 2 is 2.05 bits per heavy atom. The van der Waals surface area contributed by atoms with E-state index in [1.807, 2.05) is 13.8 Å². The molecule has 1 heterocycles. The van der Waals surface area contributed by atoms with Gasteiger partial charge in [-0.2, -0.15) is 0 Å². The third-order valence-corrected chi connectivity index (χ3v) is 3.18. The number of nitro benzene ring substituents is 1. The molecule has 1 saturated heterocycles. The van der Waals surface area contributed by atoms with Crippen LogP contribution in [-0.2, 0) is 20.7 Å². The monoisotopic (exact) mass is 304 g/mol. The third kappa shape index (κ3) is 3.69. The second kappa shape index (κ2) is 6.38. The Labute approximate surface area is 127 Å². The average Bonchev–Trinajstić information content (AvgIpc) is 2.80. The van der Waals surface area contributed by atoms with E-state index in [9.17, 15) is 19.7 Å². The second-order valence-corrected chi connectivity index (χ2v) is 5.35. The normalized spacial score (nSPS) is 19.1. The molecule has 7 heteroatoms. The quantitative estimate of drug-likeness (QED) is 0.507. The fourth-order valence-electron chi connectivity index (χ4n) is 2.06. The van der Waals surface area contributed by atoms with E-state index < -0.39 is 11.0 Å². The molecule has 0 spiro atoms. The number of nitro groups is 1. The Kier molecular flexibility index (Phi) is 4.55. The second-order valence-electron chi connectivity index (χ2n) is 5.35. The van der Waals surface area contributed by atoms with Gasteiger partial charge >= 0.3 is 0 Å². The van der Waals surface area contributed by atoms with Crippen LogP contribution in [0.5, 0.6) is 0 Å². The molecule has 0 aromatic heterocycles. The molecule has 1 atom stereocenters. The van der Waals surface area contributed by atoms with Gasteiger partial charge in [-0.3, -0.25) is 25.0 Å². The first-order valence-corrected chi connectivity index (χ1v) is 6.82. The molecule has 0 radical (unpaired) electrons. The molecule has 0 bridgehead atoms. The van der Waals surface area contributed by atoms with Gasteiger partial charge in [0.05, 0.1) is 4.92 Å². The van der Waals surface area contributed by atoms with Gasteiger partial charge < -0.3 is 4.74 Å². The van der Waals surface area contributed by atoms with E-state index in [-0.39, 0.29) is 35.6 Å². The van der Waals surface area contributed by atoms with Gasteiger partial charge in [0.1, 0.15) is 0 Å². The summed E-state index contributed by atoms with van der Waals surface area (Å²) in [5, 5.41) is 13.1. The van der Waals surface area contributed by atoms with Crippen molar-refractivity contribution in [2.24, 2.45) is 5.92 Å². The number of carbonyl (C=O) groups excluding carboxylic acids is 2. The minimum absolute atomic E-state index is 0.00988. The van der Waals surface area contributed by atoms with Gasteiger partial charge in [-0.05, 0) is 11.5 Å².